The summed E-state index contributed by atoms with van der Waals surface area (Å²) in [7, 11) is 0. The van der Waals surface area contributed by atoms with Gasteiger partial charge in [0.15, 0.2) is 0 Å². The quantitative estimate of drug-likeness (QED) is 0.671. The number of carbonyl (C=O) groups is 3. The molecule has 3 N–H and O–H groups in total. The first-order valence-corrected chi connectivity index (χ1v) is 9.83. The van der Waals surface area contributed by atoms with Crippen molar-refractivity contribution in [1.29, 1.82) is 0 Å². The van der Waals surface area contributed by atoms with Gasteiger partial charge in [0.2, 0.25) is 11.8 Å². The third-order valence-corrected chi connectivity index (χ3v) is 6.40. The van der Waals surface area contributed by atoms with Crippen molar-refractivity contribution in [3.05, 3.63) is 34.9 Å². The first kappa shape index (κ1) is 16.9. The molecule has 7 heteroatoms. The van der Waals surface area contributed by atoms with Gasteiger partial charge in [-0.15, -0.1) is 0 Å². The summed E-state index contributed by atoms with van der Waals surface area (Å²) in [6, 6.07) is 7.17. The maximum atomic E-state index is 13.1. The molecule has 142 valence electrons. The molecule has 4 heterocycles. The van der Waals surface area contributed by atoms with Crippen molar-refractivity contribution in [3.8, 4) is 0 Å². The molecule has 3 atom stereocenters. The van der Waals surface area contributed by atoms with Crippen molar-refractivity contribution in [1.82, 2.24) is 20.9 Å². The number of nitrogens with zero attached hydrogens (tertiary/aromatic N) is 1. The summed E-state index contributed by atoms with van der Waals surface area (Å²) < 4.78 is 0. The molecule has 0 spiro atoms. The Labute approximate surface area is 157 Å². The van der Waals surface area contributed by atoms with E-state index in [9.17, 15) is 14.4 Å². The largest absolute Gasteiger partial charge is 0.322 e. The minimum Gasteiger partial charge on any atom is -0.322 e. The van der Waals surface area contributed by atoms with E-state index in [4.69, 9.17) is 0 Å². The van der Waals surface area contributed by atoms with Gasteiger partial charge in [0.05, 0.1) is 0 Å². The monoisotopic (exact) mass is 368 g/mol. The van der Waals surface area contributed by atoms with Crippen LogP contribution >= 0.6 is 0 Å². The van der Waals surface area contributed by atoms with Crippen molar-refractivity contribution in [2.75, 3.05) is 0 Å². The average molecular weight is 368 g/mol. The highest BCUT2D eigenvalue weighted by Gasteiger charge is 2.40. The van der Waals surface area contributed by atoms with Gasteiger partial charge in [0.25, 0.3) is 5.91 Å². The topological polar surface area (TPSA) is 90.5 Å². The van der Waals surface area contributed by atoms with Gasteiger partial charge in [-0.05, 0) is 36.8 Å². The Morgan fingerprint density at radius 2 is 1.89 bits per heavy atom. The van der Waals surface area contributed by atoms with Gasteiger partial charge in [0.1, 0.15) is 6.04 Å². The molecule has 4 fully saturated rings. The maximum absolute atomic E-state index is 13.1. The molecular formula is C20H24N4O3. The van der Waals surface area contributed by atoms with Crippen molar-refractivity contribution < 1.29 is 14.4 Å². The Morgan fingerprint density at radius 1 is 1.11 bits per heavy atom. The predicted molar refractivity (Wildman–Crippen MR) is 97.7 cm³/mol. The summed E-state index contributed by atoms with van der Waals surface area (Å²) in [4.78, 5) is 38.3. The molecule has 1 aliphatic carbocycles. The van der Waals surface area contributed by atoms with E-state index in [2.05, 4.69) is 16.0 Å². The summed E-state index contributed by atoms with van der Waals surface area (Å²) in [6.07, 6.45) is 4.25. The van der Waals surface area contributed by atoms with Crippen molar-refractivity contribution in [3.63, 3.8) is 0 Å². The lowest BCUT2D eigenvalue weighted by molar-refractivity contribution is -0.136. The minimum atomic E-state index is -0.556. The van der Waals surface area contributed by atoms with Crippen LogP contribution in [0.2, 0.25) is 0 Å². The number of nitrogens with one attached hydrogen (secondary N) is 3. The van der Waals surface area contributed by atoms with Gasteiger partial charge in [-0.3, -0.25) is 19.7 Å². The number of benzene rings is 1. The molecule has 5 aliphatic rings. The molecule has 0 aromatic heterocycles. The highest BCUT2D eigenvalue weighted by atomic mass is 16.2. The lowest BCUT2D eigenvalue weighted by atomic mass is 9.79. The van der Waals surface area contributed by atoms with Gasteiger partial charge in [-0.2, -0.15) is 0 Å². The fraction of sp³-hybridized carbons (Fsp3) is 0.550. The van der Waals surface area contributed by atoms with Crippen LogP contribution < -0.4 is 16.0 Å². The van der Waals surface area contributed by atoms with Gasteiger partial charge >= 0.3 is 0 Å². The predicted octanol–water partition coefficient (Wildman–Crippen LogP) is 0.430. The van der Waals surface area contributed by atoms with Crippen LogP contribution in [0, 0.1) is 0 Å². The number of piperidine rings is 2. The van der Waals surface area contributed by atoms with Crippen molar-refractivity contribution in [2.24, 2.45) is 0 Å². The molecule has 27 heavy (non-hydrogen) atoms. The van der Waals surface area contributed by atoms with Gasteiger partial charge in [-0.25, -0.2) is 0 Å². The molecule has 4 aliphatic heterocycles. The summed E-state index contributed by atoms with van der Waals surface area (Å²) in [5.41, 5.74) is 2.70. The van der Waals surface area contributed by atoms with Crippen LogP contribution in [0.1, 0.15) is 53.6 Å². The fourth-order valence-electron chi connectivity index (χ4n) is 5.02. The SMILES string of the molecule is O=C1CCC(N2Cc3cccc(CNC4CC5CC(C4)N5)c3C2=O)C(=O)N1. The third kappa shape index (κ3) is 2.95. The van der Waals surface area contributed by atoms with E-state index >= 15 is 0 Å². The highest BCUT2D eigenvalue weighted by molar-refractivity contribution is 6.05. The Hall–Kier alpha value is -2.25. The molecular weight excluding hydrogens is 344 g/mol. The first-order chi connectivity index (χ1) is 13.1. The summed E-state index contributed by atoms with van der Waals surface area (Å²) >= 11 is 0. The Kier molecular flexibility index (Phi) is 4.02. The molecule has 3 saturated heterocycles. The van der Waals surface area contributed by atoms with Crippen LogP contribution in [0.4, 0.5) is 0 Å². The van der Waals surface area contributed by atoms with E-state index in [0.717, 1.165) is 29.5 Å². The van der Waals surface area contributed by atoms with Crippen LogP contribution in [-0.2, 0) is 22.7 Å². The van der Waals surface area contributed by atoms with Gasteiger partial charge < -0.3 is 15.5 Å². The van der Waals surface area contributed by atoms with Gasteiger partial charge in [-0.1, -0.05) is 18.2 Å². The summed E-state index contributed by atoms with van der Waals surface area (Å²) in [5, 5.41) is 9.52. The second kappa shape index (κ2) is 6.42. The zero-order chi connectivity index (χ0) is 18.5. The molecule has 1 aromatic rings. The Bertz CT molecular complexity index is 807. The number of hydrogen-bond acceptors (Lipinski definition) is 5. The Balaban J connectivity index is 1.30. The van der Waals surface area contributed by atoms with E-state index in [0.29, 0.717) is 37.6 Å². The van der Waals surface area contributed by atoms with E-state index in [1.807, 2.05) is 18.2 Å². The summed E-state index contributed by atoms with van der Waals surface area (Å²) in [6.45, 7) is 1.11. The van der Waals surface area contributed by atoms with Crippen LogP contribution in [0.25, 0.3) is 0 Å². The average Bonchev–Trinajstić information content (AvgIpc) is 2.97. The van der Waals surface area contributed by atoms with Crippen molar-refractivity contribution >= 4 is 17.7 Å². The third-order valence-electron chi connectivity index (χ3n) is 6.40. The normalized spacial score (nSPS) is 32.1. The van der Waals surface area contributed by atoms with Crippen LogP contribution in [-0.4, -0.2) is 46.8 Å². The van der Waals surface area contributed by atoms with Crippen LogP contribution in [0.3, 0.4) is 0 Å². The zero-order valence-corrected chi connectivity index (χ0v) is 15.2. The standard InChI is InChI=1S/C20H24N4O3/c25-17-5-4-16(19(26)23-17)24-10-12-3-1-2-11(18(12)20(24)27)9-21-13-6-14-8-15(7-13)22-14/h1-3,13-16,21-22H,4-10H2,(H,23,25,26). The molecule has 6 rings (SSSR count). The lowest BCUT2D eigenvalue weighted by Crippen LogP contribution is -2.61. The number of hydrogen-bond donors (Lipinski definition) is 3. The molecule has 3 amide bonds. The molecule has 7 nitrogen and oxygen atoms in total. The maximum Gasteiger partial charge on any atom is 0.255 e. The number of fused-ring (bicyclic) bond motifs is 3. The number of rotatable bonds is 4. The molecule has 1 saturated carbocycles. The van der Waals surface area contributed by atoms with E-state index < -0.39 is 6.04 Å². The van der Waals surface area contributed by atoms with E-state index in [-0.39, 0.29) is 24.1 Å². The van der Waals surface area contributed by atoms with E-state index in [1.165, 1.54) is 6.42 Å². The highest BCUT2D eigenvalue weighted by Crippen LogP contribution is 2.31. The molecule has 3 unspecified atom stereocenters. The number of imide groups is 1. The second-order valence-electron chi connectivity index (χ2n) is 8.20. The van der Waals surface area contributed by atoms with Crippen LogP contribution in [0.5, 0.6) is 0 Å². The van der Waals surface area contributed by atoms with Crippen LogP contribution in [0.15, 0.2) is 18.2 Å². The minimum absolute atomic E-state index is 0.0925. The number of carbonyl (C=O) groups excluding carboxylic acids is 3. The molecule has 2 bridgehead atoms. The fourth-order valence-corrected chi connectivity index (χ4v) is 5.02. The lowest BCUT2D eigenvalue weighted by Gasteiger charge is -2.46. The zero-order valence-electron chi connectivity index (χ0n) is 15.2. The smallest absolute Gasteiger partial charge is 0.255 e. The van der Waals surface area contributed by atoms with Crippen molar-refractivity contribution in [2.45, 2.75) is 69.4 Å². The second-order valence-corrected chi connectivity index (χ2v) is 8.20. The molecule has 1 aromatic carbocycles. The Morgan fingerprint density at radius 3 is 2.63 bits per heavy atom. The van der Waals surface area contributed by atoms with Gasteiger partial charge in [0, 0.05) is 43.2 Å². The first-order valence-electron chi connectivity index (χ1n) is 9.83. The van der Waals surface area contributed by atoms with E-state index in [1.54, 1.807) is 4.90 Å². The summed E-state index contributed by atoms with van der Waals surface area (Å²) in [5.74, 6) is -0.712. The molecule has 0 radical (unpaired) electrons. The number of amides is 3.